The molecule has 3 N–H and O–H groups in total. The molecule has 0 saturated carbocycles. The summed E-state index contributed by atoms with van der Waals surface area (Å²) < 4.78 is 0. The summed E-state index contributed by atoms with van der Waals surface area (Å²) in [5, 5.41) is 26.3. The normalized spacial score (nSPS) is 12.5. The third-order valence-electron chi connectivity index (χ3n) is 2.60. The maximum absolute atomic E-state index is 9.24. The predicted molar refractivity (Wildman–Crippen MR) is 62.2 cm³/mol. The number of aromatic hydroxyl groups is 1. The second-order valence-corrected chi connectivity index (χ2v) is 3.76. The lowest BCUT2D eigenvalue weighted by atomic mass is 10.0. The van der Waals surface area contributed by atoms with Crippen molar-refractivity contribution < 1.29 is 5.11 Å². The van der Waals surface area contributed by atoms with Crippen molar-refractivity contribution in [3.63, 3.8) is 0 Å². The molecule has 6 nitrogen and oxygen atoms in total. The van der Waals surface area contributed by atoms with Crippen LogP contribution in [0.15, 0.2) is 24.3 Å². The Morgan fingerprint density at radius 1 is 1.35 bits per heavy atom. The van der Waals surface area contributed by atoms with E-state index in [0.29, 0.717) is 12.4 Å². The van der Waals surface area contributed by atoms with Crippen molar-refractivity contribution in [2.45, 2.75) is 25.9 Å². The van der Waals surface area contributed by atoms with Crippen LogP contribution in [0.25, 0.3) is 0 Å². The molecule has 0 bridgehead atoms. The standard InChI is InChI=1S/C11H15N5O/c1-2-10(8-3-5-9(17)6-4-8)12-7-11-13-15-16-14-11/h3-6,10,12,17H,2,7H2,1H3,(H,13,14,15,16). The quantitative estimate of drug-likeness (QED) is 0.721. The van der Waals surface area contributed by atoms with Gasteiger partial charge in [-0.2, -0.15) is 5.21 Å². The lowest BCUT2D eigenvalue weighted by Gasteiger charge is -2.16. The molecule has 17 heavy (non-hydrogen) atoms. The van der Waals surface area contributed by atoms with Crippen LogP contribution in [0.2, 0.25) is 0 Å². The number of hydrogen-bond donors (Lipinski definition) is 3. The fourth-order valence-electron chi connectivity index (χ4n) is 1.68. The maximum Gasteiger partial charge on any atom is 0.188 e. The highest BCUT2D eigenvalue weighted by molar-refractivity contribution is 5.27. The number of hydrogen-bond acceptors (Lipinski definition) is 5. The van der Waals surface area contributed by atoms with Crippen molar-refractivity contribution in [2.75, 3.05) is 0 Å². The van der Waals surface area contributed by atoms with Gasteiger partial charge in [-0.3, -0.25) is 0 Å². The number of aromatic amines is 1. The monoisotopic (exact) mass is 233 g/mol. The summed E-state index contributed by atoms with van der Waals surface area (Å²) >= 11 is 0. The van der Waals surface area contributed by atoms with E-state index in [1.54, 1.807) is 12.1 Å². The topological polar surface area (TPSA) is 86.7 Å². The molecule has 0 radical (unpaired) electrons. The van der Waals surface area contributed by atoms with E-state index in [2.05, 4.69) is 32.9 Å². The van der Waals surface area contributed by atoms with Gasteiger partial charge in [0.05, 0.1) is 6.54 Å². The summed E-state index contributed by atoms with van der Waals surface area (Å²) in [6, 6.07) is 7.41. The van der Waals surface area contributed by atoms with E-state index < -0.39 is 0 Å². The second kappa shape index (κ2) is 5.40. The highest BCUT2D eigenvalue weighted by Gasteiger charge is 2.09. The molecule has 0 saturated heterocycles. The first-order chi connectivity index (χ1) is 8.29. The smallest absolute Gasteiger partial charge is 0.188 e. The Bertz CT molecular complexity index is 439. The van der Waals surface area contributed by atoms with Gasteiger partial charge in [0.15, 0.2) is 5.82 Å². The molecule has 1 atom stereocenters. The zero-order chi connectivity index (χ0) is 12.1. The van der Waals surface area contributed by atoms with E-state index in [-0.39, 0.29) is 11.8 Å². The molecule has 1 aromatic carbocycles. The summed E-state index contributed by atoms with van der Waals surface area (Å²) in [6.45, 7) is 2.66. The number of benzene rings is 1. The molecule has 0 amide bonds. The Morgan fingerprint density at radius 2 is 2.12 bits per heavy atom. The van der Waals surface area contributed by atoms with Gasteiger partial charge in [0, 0.05) is 6.04 Å². The molecule has 1 heterocycles. The van der Waals surface area contributed by atoms with Gasteiger partial charge >= 0.3 is 0 Å². The third kappa shape index (κ3) is 3.01. The molecule has 2 rings (SSSR count). The van der Waals surface area contributed by atoms with E-state index in [1.165, 1.54) is 0 Å². The zero-order valence-corrected chi connectivity index (χ0v) is 9.59. The van der Waals surface area contributed by atoms with Gasteiger partial charge in [0.1, 0.15) is 5.75 Å². The minimum absolute atomic E-state index is 0.217. The molecular formula is C11H15N5O. The highest BCUT2D eigenvalue weighted by atomic mass is 16.3. The Morgan fingerprint density at radius 3 is 2.71 bits per heavy atom. The maximum atomic E-state index is 9.24. The van der Waals surface area contributed by atoms with Crippen LogP contribution in [0.4, 0.5) is 0 Å². The van der Waals surface area contributed by atoms with Gasteiger partial charge in [-0.1, -0.05) is 24.3 Å². The molecule has 0 fully saturated rings. The van der Waals surface area contributed by atoms with Crippen molar-refractivity contribution in [1.29, 1.82) is 0 Å². The largest absolute Gasteiger partial charge is 0.508 e. The second-order valence-electron chi connectivity index (χ2n) is 3.76. The van der Waals surface area contributed by atoms with Crippen LogP contribution in [0, 0.1) is 0 Å². The SMILES string of the molecule is CCC(NCc1nn[nH]n1)c1ccc(O)cc1. The van der Waals surface area contributed by atoms with E-state index in [4.69, 9.17) is 0 Å². The summed E-state index contributed by atoms with van der Waals surface area (Å²) in [7, 11) is 0. The van der Waals surface area contributed by atoms with Crippen LogP contribution < -0.4 is 5.32 Å². The van der Waals surface area contributed by atoms with Crippen molar-refractivity contribution in [3.8, 4) is 5.75 Å². The van der Waals surface area contributed by atoms with Crippen molar-refractivity contribution in [2.24, 2.45) is 0 Å². The van der Waals surface area contributed by atoms with Crippen molar-refractivity contribution in [3.05, 3.63) is 35.7 Å². The molecule has 90 valence electrons. The molecule has 1 unspecified atom stereocenters. The third-order valence-corrected chi connectivity index (χ3v) is 2.60. The Hall–Kier alpha value is -1.95. The molecular weight excluding hydrogens is 218 g/mol. The number of tetrazole rings is 1. The first-order valence-electron chi connectivity index (χ1n) is 5.54. The van der Waals surface area contributed by atoms with Gasteiger partial charge in [-0.25, -0.2) is 0 Å². The minimum Gasteiger partial charge on any atom is -0.508 e. The van der Waals surface area contributed by atoms with E-state index in [1.807, 2.05) is 12.1 Å². The number of H-pyrrole nitrogens is 1. The molecule has 6 heteroatoms. The van der Waals surface area contributed by atoms with E-state index >= 15 is 0 Å². The number of phenolic OH excluding ortho intramolecular Hbond substituents is 1. The number of nitrogens with zero attached hydrogens (tertiary/aromatic N) is 3. The lowest BCUT2D eigenvalue weighted by molar-refractivity contribution is 0.472. The van der Waals surface area contributed by atoms with Gasteiger partial charge in [-0.15, -0.1) is 10.2 Å². The molecule has 0 aliphatic carbocycles. The number of nitrogens with one attached hydrogen (secondary N) is 2. The number of rotatable bonds is 5. The first kappa shape index (κ1) is 11.5. The number of aromatic nitrogens is 4. The van der Waals surface area contributed by atoms with Crippen LogP contribution in [0.3, 0.4) is 0 Å². The average Bonchev–Trinajstić information content (AvgIpc) is 2.85. The van der Waals surface area contributed by atoms with Crippen molar-refractivity contribution >= 4 is 0 Å². The molecule has 2 aromatic rings. The van der Waals surface area contributed by atoms with Gasteiger partial charge in [0.2, 0.25) is 0 Å². The van der Waals surface area contributed by atoms with Gasteiger partial charge in [0.25, 0.3) is 0 Å². The van der Waals surface area contributed by atoms with Crippen LogP contribution in [0.5, 0.6) is 5.75 Å². The first-order valence-corrected chi connectivity index (χ1v) is 5.54. The summed E-state index contributed by atoms with van der Waals surface area (Å²) in [5.41, 5.74) is 1.13. The average molecular weight is 233 g/mol. The fourth-order valence-corrected chi connectivity index (χ4v) is 1.68. The minimum atomic E-state index is 0.217. The van der Waals surface area contributed by atoms with Gasteiger partial charge in [-0.05, 0) is 24.1 Å². The van der Waals surface area contributed by atoms with E-state index in [0.717, 1.165) is 12.0 Å². The fraction of sp³-hybridized carbons (Fsp3) is 0.364. The molecule has 0 aliphatic rings. The van der Waals surface area contributed by atoms with Gasteiger partial charge < -0.3 is 10.4 Å². The lowest BCUT2D eigenvalue weighted by Crippen LogP contribution is -2.20. The number of phenols is 1. The van der Waals surface area contributed by atoms with Crippen LogP contribution >= 0.6 is 0 Å². The molecule has 0 spiro atoms. The summed E-state index contributed by atoms with van der Waals surface area (Å²) in [4.78, 5) is 0. The predicted octanol–water partition coefficient (Wildman–Crippen LogP) is 1.15. The van der Waals surface area contributed by atoms with Crippen molar-refractivity contribution in [1.82, 2.24) is 25.9 Å². The highest BCUT2D eigenvalue weighted by Crippen LogP contribution is 2.19. The summed E-state index contributed by atoms with van der Waals surface area (Å²) in [5.74, 6) is 0.920. The Labute approximate surface area is 99.1 Å². The molecule has 0 aliphatic heterocycles. The Kier molecular flexibility index (Phi) is 3.66. The van der Waals surface area contributed by atoms with E-state index in [9.17, 15) is 5.11 Å². The summed E-state index contributed by atoms with van der Waals surface area (Å²) in [6.07, 6.45) is 0.947. The zero-order valence-electron chi connectivity index (χ0n) is 9.59. The van der Waals surface area contributed by atoms with Crippen LogP contribution in [-0.2, 0) is 6.54 Å². The molecule has 1 aromatic heterocycles. The Balaban J connectivity index is 1.99. The van der Waals surface area contributed by atoms with Crippen LogP contribution in [0.1, 0.15) is 30.8 Å². The van der Waals surface area contributed by atoms with Crippen LogP contribution in [-0.4, -0.2) is 25.7 Å².